The Kier molecular flexibility index (Phi) is 6.40. The summed E-state index contributed by atoms with van der Waals surface area (Å²) >= 11 is 5.89. The number of aryl methyl sites for hydroxylation is 2. The zero-order valence-electron chi connectivity index (χ0n) is 13.5. The standard InChI is InChI=1S/C18H20ClNO3S/c1-2-4-14-7-10-17(11-8-14)24(22,23)20-18(21)12-9-15-5-3-6-16(19)13-15/h3,5-8,10-11,13H,2,4,9,12H2,1H3,(H,20,21). The van der Waals surface area contributed by atoms with Crippen LogP contribution in [0.25, 0.3) is 0 Å². The Morgan fingerprint density at radius 3 is 2.38 bits per heavy atom. The summed E-state index contributed by atoms with van der Waals surface area (Å²) in [6.45, 7) is 2.06. The van der Waals surface area contributed by atoms with Crippen LogP contribution in [-0.2, 0) is 27.7 Å². The van der Waals surface area contributed by atoms with Gasteiger partial charge in [0.2, 0.25) is 5.91 Å². The van der Waals surface area contributed by atoms with Crippen molar-refractivity contribution >= 4 is 27.5 Å². The number of sulfonamides is 1. The van der Waals surface area contributed by atoms with E-state index in [1.54, 1.807) is 30.3 Å². The minimum absolute atomic E-state index is 0.0769. The first-order valence-electron chi connectivity index (χ1n) is 7.80. The van der Waals surface area contributed by atoms with E-state index in [4.69, 9.17) is 11.6 Å². The Balaban J connectivity index is 1.96. The van der Waals surface area contributed by atoms with E-state index in [1.165, 1.54) is 12.1 Å². The summed E-state index contributed by atoms with van der Waals surface area (Å²) in [5.74, 6) is -0.535. The van der Waals surface area contributed by atoms with Crippen molar-refractivity contribution in [2.75, 3.05) is 0 Å². The third kappa shape index (κ3) is 5.35. The maximum atomic E-state index is 12.2. The average molecular weight is 366 g/mol. The van der Waals surface area contributed by atoms with E-state index < -0.39 is 15.9 Å². The minimum Gasteiger partial charge on any atom is -0.274 e. The lowest BCUT2D eigenvalue weighted by Crippen LogP contribution is -2.30. The molecule has 0 unspecified atom stereocenters. The van der Waals surface area contributed by atoms with Crippen molar-refractivity contribution in [3.8, 4) is 0 Å². The van der Waals surface area contributed by atoms with Gasteiger partial charge in [-0.05, 0) is 48.2 Å². The molecule has 0 aliphatic carbocycles. The first-order chi connectivity index (χ1) is 11.4. The first-order valence-corrected chi connectivity index (χ1v) is 9.66. The van der Waals surface area contributed by atoms with Crippen molar-refractivity contribution in [3.63, 3.8) is 0 Å². The summed E-state index contributed by atoms with van der Waals surface area (Å²) < 4.78 is 26.6. The molecule has 2 aromatic carbocycles. The third-order valence-electron chi connectivity index (χ3n) is 3.55. The maximum absolute atomic E-state index is 12.2. The largest absolute Gasteiger partial charge is 0.274 e. The summed E-state index contributed by atoms with van der Waals surface area (Å²) in [4.78, 5) is 12.0. The molecule has 0 bridgehead atoms. The topological polar surface area (TPSA) is 63.2 Å². The molecule has 0 aliphatic rings. The second-order valence-electron chi connectivity index (χ2n) is 5.55. The number of amides is 1. The van der Waals surface area contributed by atoms with Gasteiger partial charge < -0.3 is 0 Å². The number of carbonyl (C=O) groups is 1. The van der Waals surface area contributed by atoms with Gasteiger partial charge in [0.15, 0.2) is 0 Å². The van der Waals surface area contributed by atoms with Crippen LogP contribution in [0.4, 0.5) is 0 Å². The van der Waals surface area contributed by atoms with E-state index in [2.05, 4.69) is 11.6 Å². The van der Waals surface area contributed by atoms with Crippen LogP contribution in [-0.4, -0.2) is 14.3 Å². The van der Waals surface area contributed by atoms with E-state index in [9.17, 15) is 13.2 Å². The van der Waals surface area contributed by atoms with E-state index in [1.807, 2.05) is 6.07 Å². The van der Waals surface area contributed by atoms with Crippen molar-refractivity contribution in [1.29, 1.82) is 0 Å². The molecule has 0 radical (unpaired) electrons. The van der Waals surface area contributed by atoms with E-state index >= 15 is 0 Å². The summed E-state index contributed by atoms with van der Waals surface area (Å²) in [7, 11) is -3.83. The van der Waals surface area contributed by atoms with Crippen LogP contribution in [0.1, 0.15) is 30.9 Å². The molecule has 0 saturated heterocycles. The maximum Gasteiger partial charge on any atom is 0.264 e. The lowest BCUT2D eigenvalue weighted by molar-refractivity contribution is -0.119. The second-order valence-corrected chi connectivity index (χ2v) is 7.67. The molecule has 2 rings (SSSR count). The molecule has 4 nitrogen and oxygen atoms in total. The summed E-state index contributed by atoms with van der Waals surface area (Å²) in [5.41, 5.74) is 1.96. The molecule has 1 amide bonds. The molecule has 0 saturated carbocycles. The van der Waals surface area contributed by atoms with Crippen LogP contribution in [0.5, 0.6) is 0 Å². The highest BCUT2D eigenvalue weighted by Crippen LogP contribution is 2.14. The fourth-order valence-electron chi connectivity index (χ4n) is 2.33. The predicted octanol–water partition coefficient (Wildman–Crippen LogP) is 3.73. The van der Waals surface area contributed by atoms with Gasteiger partial charge in [0.05, 0.1) is 4.90 Å². The van der Waals surface area contributed by atoms with E-state index in [0.717, 1.165) is 24.0 Å². The molecule has 6 heteroatoms. The van der Waals surface area contributed by atoms with Crippen molar-refractivity contribution in [2.24, 2.45) is 0 Å². The van der Waals surface area contributed by atoms with E-state index in [0.29, 0.717) is 11.4 Å². The van der Waals surface area contributed by atoms with Crippen molar-refractivity contribution < 1.29 is 13.2 Å². The number of benzene rings is 2. The molecule has 0 fully saturated rings. The number of halogens is 1. The second kappa shape index (κ2) is 8.31. The lowest BCUT2D eigenvalue weighted by Gasteiger charge is -2.08. The fourth-order valence-corrected chi connectivity index (χ4v) is 3.56. The number of rotatable bonds is 7. The van der Waals surface area contributed by atoms with Crippen molar-refractivity contribution in [2.45, 2.75) is 37.5 Å². The fraction of sp³-hybridized carbons (Fsp3) is 0.278. The normalized spacial score (nSPS) is 11.2. The van der Waals surface area contributed by atoms with Gasteiger partial charge in [0.1, 0.15) is 0 Å². The molecule has 0 atom stereocenters. The first kappa shape index (κ1) is 18.5. The third-order valence-corrected chi connectivity index (χ3v) is 5.17. The van der Waals surface area contributed by atoms with Crippen LogP contribution in [0.15, 0.2) is 53.4 Å². The summed E-state index contributed by atoms with van der Waals surface area (Å²) in [6.07, 6.45) is 2.39. The molecular formula is C18H20ClNO3S. The van der Waals surface area contributed by atoms with Gasteiger partial charge >= 0.3 is 0 Å². The highest BCUT2D eigenvalue weighted by atomic mass is 35.5. The molecule has 0 aliphatic heterocycles. The van der Waals surface area contributed by atoms with Crippen LogP contribution >= 0.6 is 11.6 Å². The zero-order valence-corrected chi connectivity index (χ0v) is 15.0. The number of hydrogen-bond acceptors (Lipinski definition) is 3. The number of carbonyl (C=O) groups excluding carboxylic acids is 1. The smallest absolute Gasteiger partial charge is 0.264 e. The molecule has 1 N–H and O–H groups in total. The Labute approximate surface area is 147 Å². The van der Waals surface area contributed by atoms with Crippen LogP contribution < -0.4 is 4.72 Å². The minimum atomic E-state index is -3.83. The SMILES string of the molecule is CCCc1ccc(S(=O)(=O)NC(=O)CCc2cccc(Cl)c2)cc1. The Hall–Kier alpha value is -1.85. The molecule has 0 aromatic heterocycles. The van der Waals surface area contributed by atoms with E-state index in [-0.39, 0.29) is 11.3 Å². The highest BCUT2D eigenvalue weighted by molar-refractivity contribution is 7.90. The average Bonchev–Trinajstić information content (AvgIpc) is 2.53. The summed E-state index contributed by atoms with van der Waals surface area (Å²) in [5, 5.41) is 0.590. The van der Waals surface area contributed by atoms with Gasteiger partial charge in [-0.15, -0.1) is 0 Å². The summed E-state index contributed by atoms with van der Waals surface area (Å²) in [6, 6.07) is 13.7. The quantitative estimate of drug-likeness (QED) is 0.813. The highest BCUT2D eigenvalue weighted by Gasteiger charge is 2.17. The predicted molar refractivity (Wildman–Crippen MR) is 95.5 cm³/mol. The van der Waals surface area contributed by atoms with Crippen molar-refractivity contribution in [1.82, 2.24) is 4.72 Å². The molecule has 2 aromatic rings. The van der Waals surface area contributed by atoms with Crippen LogP contribution in [0.3, 0.4) is 0 Å². The molecule has 24 heavy (non-hydrogen) atoms. The Bertz CT molecular complexity index is 801. The van der Waals surface area contributed by atoms with Gasteiger partial charge in [-0.1, -0.05) is 49.2 Å². The molecule has 128 valence electrons. The Morgan fingerprint density at radius 2 is 1.75 bits per heavy atom. The number of nitrogens with one attached hydrogen (secondary N) is 1. The van der Waals surface area contributed by atoms with Gasteiger partial charge in [-0.2, -0.15) is 0 Å². The molecule has 0 heterocycles. The Morgan fingerprint density at radius 1 is 1.04 bits per heavy atom. The van der Waals surface area contributed by atoms with Crippen molar-refractivity contribution in [3.05, 3.63) is 64.7 Å². The van der Waals surface area contributed by atoms with Crippen LogP contribution in [0, 0.1) is 0 Å². The monoisotopic (exact) mass is 365 g/mol. The molecular weight excluding hydrogens is 346 g/mol. The molecule has 0 spiro atoms. The lowest BCUT2D eigenvalue weighted by atomic mass is 10.1. The van der Waals surface area contributed by atoms with Gasteiger partial charge in [-0.3, -0.25) is 4.79 Å². The van der Waals surface area contributed by atoms with Gasteiger partial charge in [-0.25, -0.2) is 13.1 Å². The zero-order chi connectivity index (χ0) is 17.6. The van der Waals surface area contributed by atoms with Crippen LogP contribution in [0.2, 0.25) is 5.02 Å². The number of hydrogen-bond donors (Lipinski definition) is 1. The van der Waals surface area contributed by atoms with Gasteiger partial charge in [0, 0.05) is 11.4 Å². The van der Waals surface area contributed by atoms with Gasteiger partial charge in [0.25, 0.3) is 10.0 Å².